The summed E-state index contributed by atoms with van der Waals surface area (Å²) in [7, 11) is 0. The van der Waals surface area contributed by atoms with Gasteiger partial charge in [-0.1, -0.05) is 12.1 Å². The molecular weight excluding hydrogens is 144 g/mol. The van der Waals surface area contributed by atoms with E-state index in [0.717, 1.165) is 6.42 Å². The van der Waals surface area contributed by atoms with Crippen molar-refractivity contribution in [3.05, 3.63) is 18.0 Å². The van der Waals surface area contributed by atoms with Crippen LogP contribution in [0.5, 0.6) is 0 Å². The van der Waals surface area contributed by atoms with Gasteiger partial charge in [0.1, 0.15) is 6.26 Å². The van der Waals surface area contributed by atoms with E-state index >= 15 is 0 Å². The van der Waals surface area contributed by atoms with Crippen LogP contribution in [0.15, 0.2) is 17.0 Å². The standard InChI is InChI=1S/C7H10N2O2/c1-2-3-8-7(10)6-4-9-11-5-6/h4-5H,2-3H2,1H3,(H,8,10). The minimum absolute atomic E-state index is 0.131. The van der Waals surface area contributed by atoms with Gasteiger partial charge >= 0.3 is 0 Å². The van der Waals surface area contributed by atoms with Crippen LogP contribution in [-0.2, 0) is 0 Å². The third kappa shape index (κ3) is 2.07. The Balaban J connectivity index is 2.43. The van der Waals surface area contributed by atoms with Crippen LogP contribution in [-0.4, -0.2) is 17.6 Å². The zero-order chi connectivity index (χ0) is 8.10. The number of hydrogen-bond acceptors (Lipinski definition) is 3. The normalized spacial score (nSPS) is 9.55. The van der Waals surface area contributed by atoms with E-state index in [4.69, 9.17) is 0 Å². The van der Waals surface area contributed by atoms with Crippen LogP contribution in [0.3, 0.4) is 0 Å². The van der Waals surface area contributed by atoms with Crippen LogP contribution >= 0.6 is 0 Å². The number of hydrogen-bond donors (Lipinski definition) is 1. The van der Waals surface area contributed by atoms with E-state index < -0.39 is 0 Å². The predicted molar refractivity (Wildman–Crippen MR) is 39.1 cm³/mol. The number of nitrogens with one attached hydrogen (secondary N) is 1. The number of amides is 1. The zero-order valence-electron chi connectivity index (χ0n) is 6.33. The molecule has 4 nitrogen and oxygen atoms in total. The second-order valence-electron chi connectivity index (χ2n) is 2.17. The van der Waals surface area contributed by atoms with Gasteiger partial charge in [0.05, 0.1) is 11.8 Å². The molecule has 0 spiro atoms. The number of carbonyl (C=O) groups excluding carboxylic acids is 1. The number of rotatable bonds is 3. The first-order chi connectivity index (χ1) is 5.34. The van der Waals surface area contributed by atoms with E-state index in [1.165, 1.54) is 12.5 Å². The summed E-state index contributed by atoms with van der Waals surface area (Å²) in [4.78, 5) is 11.1. The van der Waals surface area contributed by atoms with Gasteiger partial charge < -0.3 is 9.84 Å². The van der Waals surface area contributed by atoms with Crippen molar-refractivity contribution >= 4 is 5.91 Å². The summed E-state index contributed by atoms with van der Waals surface area (Å²) in [6.07, 6.45) is 3.65. The molecule has 0 saturated carbocycles. The molecule has 1 aromatic heterocycles. The van der Waals surface area contributed by atoms with Crippen LogP contribution in [0, 0.1) is 0 Å². The van der Waals surface area contributed by atoms with Crippen molar-refractivity contribution in [2.75, 3.05) is 6.54 Å². The number of aromatic nitrogens is 1. The van der Waals surface area contributed by atoms with Crippen LogP contribution < -0.4 is 5.32 Å². The summed E-state index contributed by atoms with van der Waals surface area (Å²) in [6, 6.07) is 0. The fourth-order valence-corrected chi connectivity index (χ4v) is 0.658. The largest absolute Gasteiger partial charge is 0.364 e. The monoisotopic (exact) mass is 154 g/mol. The Morgan fingerprint density at radius 3 is 3.18 bits per heavy atom. The highest BCUT2D eigenvalue weighted by molar-refractivity contribution is 5.93. The van der Waals surface area contributed by atoms with Crippen molar-refractivity contribution < 1.29 is 9.32 Å². The van der Waals surface area contributed by atoms with Gasteiger partial charge in [-0.3, -0.25) is 4.79 Å². The maximum atomic E-state index is 11.1. The first-order valence-corrected chi connectivity index (χ1v) is 3.52. The summed E-state index contributed by atoms with van der Waals surface area (Å²) < 4.78 is 4.50. The van der Waals surface area contributed by atoms with Crippen LogP contribution in [0.4, 0.5) is 0 Å². The lowest BCUT2D eigenvalue weighted by Crippen LogP contribution is -2.23. The summed E-state index contributed by atoms with van der Waals surface area (Å²) in [5.41, 5.74) is 0.471. The molecule has 60 valence electrons. The highest BCUT2D eigenvalue weighted by Gasteiger charge is 2.04. The lowest BCUT2D eigenvalue weighted by Gasteiger charge is -1.97. The molecule has 0 aliphatic carbocycles. The molecule has 1 amide bonds. The maximum absolute atomic E-state index is 11.1. The third-order valence-electron chi connectivity index (χ3n) is 1.23. The van der Waals surface area contributed by atoms with E-state index in [-0.39, 0.29) is 5.91 Å². The SMILES string of the molecule is CCCNC(=O)c1cnoc1. The van der Waals surface area contributed by atoms with Crippen molar-refractivity contribution in [2.45, 2.75) is 13.3 Å². The summed E-state index contributed by atoms with van der Waals surface area (Å²) in [5.74, 6) is -0.131. The van der Waals surface area contributed by atoms with E-state index in [0.29, 0.717) is 12.1 Å². The first kappa shape index (κ1) is 7.78. The van der Waals surface area contributed by atoms with Crippen molar-refractivity contribution in [1.29, 1.82) is 0 Å². The minimum atomic E-state index is -0.131. The topological polar surface area (TPSA) is 55.1 Å². The van der Waals surface area contributed by atoms with Gasteiger partial charge in [0.25, 0.3) is 5.91 Å². The second kappa shape index (κ2) is 3.75. The summed E-state index contributed by atoms with van der Waals surface area (Å²) >= 11 is 0. The Hall–Kier alpha value is -1.32. The fraction of sp³-hybridized carbons (Fsp3) is 0.429. The molecule has 1 aromatic rings. The Labute approximate surface area is 64.6 Å². The highest BCUT2D eigenvalue weighted by Crippen LogP contribution is 1.94. The van der Waals surface area contributed by atoms with Gasteiger partial charge in [0.2, 0.25) is 0 Å². The van der Waals surface area contributed by atoms with Gasteiger partial charge in [-0.25, -0.2) is 0 Å². The van der Waals surface area contributed by atoms with Gasteiger partial charge in [0, 0.05) is 6.54 Å². The van der Waals surface area contributed by atoms with Crippen molar-refractivity contribution in [2.24, 2.45) is 0 Å². The first-order valence-electron chi connectivity index (χ1n) is 3.52. The molecule has 0 aromatic carbocycles. The molecule has 0 atom stereocenters. The molecule has 4 heteroatoms. The average molecular weight is 154 g/mol. The molecule has 0 aliphatic rings. The molecule has 0 radical (unpaired) electrons. The molecule has 1 N–H and O–H groups in total. The van der Waals surface area contributed by atoms with E-state index in [1.54, 1.807) is 0 Å². The quantitative estimate of drug-likeness (QED) is 0.701. The third-order valence-corrected chi connectivity index (χ3v) is 1.23. The van der Waals surface area contributed by atoms with E-state index in [2.05, 4.69) is 15.0 Å². The smallest absolute Gasteiger partial charge is 0.256 e. The molecule has 0 bridgehead atoms. The van der Waals surface area contributed by atoms with Gasteiger partial charge in [-0.2, -0.15) is 0 Å². The second-order valence-corrected chi connectivity index (χ2v) is 2.17. The maximum Gasteiger partial charge on any atom is 0.256 e. The molecule has 11 heavy (non-hydrogen) atoms. The van der Waals surface area contributed by atoms with Crippen LogP contribution in [0.25, 0.3) is 0 Å². The molecule has 0 saturated heterocycles. The Kier molecular flexibility index (Phi) is 2.66. The Morgan fingerprint density at radius 2 is 2.64 bits per heavy atom. The molecular formula is C7H10N2O2. The molecule has 0 aliphatic heterocycles. The highest BCUT2D eigenvalue weighted by atomic mass is 16.5. The lowest BCUT2D eigenvalue weighted by atomic mass is 10.3. The van der Waals surface area contributed by atoms with Crippen LogP contribution in [0.1, 0.15) is 23.7 Å². The lowest BCUT2D eigenvalue weighted by molar-refractivity contribution is 0.0953. The number of nitrogens with zero attached hydrogens (tertiary/aromatic N) is 1. The van der Waals surface area contributed by atoms with Crippen molar-refractivity contribution in [3.63, 3.8) is 0 Å². The molecule has 0 fully saturated rings. The molecule has 1 heterocycles. The Bertz CT molecular complexity index is 218. The number of carbonyl (C=O) groups is 1. The van der Waals surface area contributed by atoms with Crippen molar-refractivity contribution in [3.8, 4) is 0 Å². The zero-order valence-corrected chi connectivity index (χ0v) is 6.33. The average Bonchev–Trinajstić information content (AvgIpc) is 2.52. The summed E-state index contributed by atoms with van der Waals surface area (Å²) in [5, 5.41) is 6.11. The van der Waals surface area contributed by atoms with Gasteiger partial charge in [0.15, 0.2) is 0 Å². The fourth-order valence-electron chi connectivity index (χ4n) is 0.658. The van der Waals surface area contributed by atoms with E-state index in [1.807, 2.05) is 6.92 Å². The molecule has 1 rings (SSSR count). The van der Waals surface area contributed by atoms with Crippen LogP contribution in [0.2, 0.25) is 0 Å². The van der Waals surface area contributed by atoms with Gasteiger partial charge in [-0.15, -0.1) is 0 Å². The van der Waals surface area contributed by atoms with Crippen molar-refractivity contribution in [1.82, 2.24) is 10.5 Å². The minimum Gasteiger partial charge on any atom is -0.364 e. The molecule has 0 unspecified atom stereocenters. The van der Waals surface area contributed by atoms with Gasteiger partial charge in [-0.05, 0) is 6.42 Å². The predicted octanol–water partition coefficient (Wildman–Crippen LogP) is 0.814. The van der Waals surface area contributed by atoms with E-state index in [9.17, 15) is 4.79 Å². The summed E-state index contributed by atoms with van der Waals surface area (Å²) in [6.45, 7) is 2.68. The Morgan fingerprint density at radius 1 is 1.82 bits per heavy atom.